The van der Waals surface area contributed by atoms with Crippen molar-refractivity contribution in [3.05, 3.63) is 48.5 Å². The summed E-state index contributed by atoms with van der Waals surface area (Å²) in [6.45, 7) is 0. The van der Waals surface area contributed by atoms with E-state index in [9.17, 15) is 0 Å². The molecule has 1 heterocycles. The molecule has 0 aliphatic heterocycles. The maximum absolute atomic E-state index is 8.55. The van der Waals surface area contributed by atoms with Crippen LogP contribution in [0.3, 0.4) is 0 Å². The van der Waals surface area contributed by atoms with Crippen molar-refractivity contribution in [1.82, 2.24) is 0 Å². The Morgan fingerprint density at radius 3 is 0.722 bits per heavy atom. The molecule has 42 nitrogen and oxygen atoms in total. The summed E-state index contributed by atoms with van der Waals surface area (Å²) in [7, 11) is 0.872. The third kappa shape index (κ3) is 194. The topological polar surface area (TPSA) is 1160 Å². The first-order chi connectivity index (χ1) is 11.2. The summed E-state index contributed by atoms with van der Waals surface area (Å²) in [5.74, 6) is 0. The van der Waals surface area contributed by atoms with Crippen molar-refractivity contribution in [2.75, 3.05) is 19.0 Å². The molecule has 0 radical (unpaired) electrons. The first-order valence-electron chi connectivity index (χ1n) is 7.05. The molecule has 56 heteroatoms. The van der Waals surface area contributed by atoms with Crippen LogP contribution >= 0.6 is 19.2 Å². The van der Waals surface area contributed by atoms with Crippen molar-refractivity contribution >= 4 is 35.1 Å². The van der Waals surface area contributed by atoms with Crippen LogP contribution < -0.4 is 24.1 Å². The second-order valence-electron chi connectivity index (χ2n) is 5.32. The van der Waals surface area contributed by atoms with Crippen LogP contribution in [0, 0.1) is 0 Å². The molecule has 0 spiro atoms. The molecule has 1 aromatic heterocycles. The van der Waals surface area contributed by atoms with Crippen LogP contribution in [0.4, 0.5) is 5.69 Å². The number of phosphoric acid groups is 1. The molecule has 0 amide bonds. The molecule has 0 bridgehead atoms. The zero-order valence-corrected chi connectivity index (χ0v) is 71.1. The number of hydrogen-bond donors (Lipinski definition) is 0. The predicted molar refractivity (Wildman–Crippen MR) is 150 cm³/mol. The first kappa shape index (κ1) is 493. The van der Waals surface area contributed by atoms with Crippen molar-refractivity contribution in [3.63, 3.8) is 0 Å². The fraction of sp³-hybridized carbons (Fsp3) is 0.188. The Kier molecular flexibility index (Phi) is 1740. The maximum atomic E-state index is 8.55. The summed E-state index contributed by atoms with van der Waals surface area (Å²) in [4.78, 5) is 27.8. The fourth-order valence-corrected chi connectivity index (χ4v) is 3.41. The van der Waals surface area contributed by atoms with Crippen molar-refractivity contribution in [3.8, 4) is 10.6 Å². The van der Waals surface area contributed by atoms with E-state index >= 15 is 0 Å². The Balaban J connectivity index is -0.00000000253. The van der Waals surface area contributed by atoms with Gasteiger partial charge in [0, 0.05) is 279 Å². The van der Waals surface area contributed by atoms with Gasteiger partial charge in [-0.1, -0.05) is 23.5 Å². The number of para-hydroxylation sites is 1. The summed E-state index contributed by atoms with van der Waals surface area (Å²) < 4.78 is 12.1. The molecule has 3 rings (SSSR count). The van der Waals surface area contributed by atoms with Gasteiger partial charge in [0.1, 0.15) is 11.7 Å². The predicted octanol–water partition coefficient (Wildman–Crippen LogP) is -12.1. The smallest absolute Gasteiger partial charge is 0.269 e. The van der Waals surface area contributed by atoms with E-state index in [1.807, 2.05) is 11.3 Å². The molecular weight excluding hydrogens is 3130 g/mol. The van der Waals surface area contributed by atoms with Crippen LogP contribution in [-0.2, 0) is 396 Å². The minimum absolute atomic E-state index is 0. The summed E-state index contributed by atoms with van der Waals surface area (Å²) in [6.07, 6.45) is 0. The van der Waals surface area contributed by atoms with E-state index in [1.54, 1.807) is 0 Å². The number of nitrogens with zero attached hydrogens (tertiary/aromatic N) is 2. The number of aryl methyl sites for hydroxylation is 1. The standard InChI is InChI=1S/C16H17N2S.H3O4P.12H2O.24O.12W/c1-17(2)13-10-8-12(9-11-13)16-18(3)14-6-4-5-7-15(14)19-16;1-5(2,3)4;;;;;;;;;;;;;;;;;;;;;;;;;;;;;;;;;;;;;;;;;;;;;;;;/h4-11H,1-3H3;(H3,1,2,3,4);12*1H2;;;;;;;;;;;;;;;;;;;;;;;;;;;;;;;;;;;;/q+1;;;;;;;;;;;;;;24*-2;;;;;;;;;;;;/p-3. The largest absolute Gasteiger partial charge is 2.00 e. The van der Waals surface area contributed by atoms with Gasteiger partial charge in [-0.2, -0.15) is 12.4 Å². The van der Waals surface area contributed by atoms with Crippen LogP contribution in [0.25, 0.3) is 20.8 Å². The minimum atomic E-state index is -5.39. The first-order valence-corrected chi connectivity index (χ1v) is 9.33. The average Bonchev–Trinajstić information content (AvgIpc) is 2.83. The Morgan fingerprint density at radius 2 is 0.556 bits per heavy atom. The molecular formula is C16H41N2O40PSW12-50. The van der Waals surface area contributed by atoms with Gasteiger partial charge in [0.25, 0.3) is 5.01 Å². The van der Waals surface area contributed by atoms with E-state index in [4.69, 9.17) is 19.2 Å². The van der Waals surface area contributed by atoms with Gasteiger partial charge < -0.3 is 221 Å². The van der Waals surface area contributed by atoms with Gasteiger partial charge >= 0.3 is 0 Å². The van der Waals surface area contributed by atoms with E-state index in [0.717, 1.165) is 0 Å². The summed E-state index contributed by atoms with van der Waals surface area (Å²) in [6, 6.07) is 17.3. The van der Waals surface area contributed by atoms with Crippen molar-refractivity contribution in [2.45, 2.75) is 0 Å². The van der Waals surface area contributed by atoms with E-state index in [2.05, 4.69) is 79.1 Å². The normalized spacial score (nSPS) is 3.69. The minimum Gasteiger partial charge on any atom is -2.00 e. The number of rotatable bonds is 2. The number of thiazole rings is 1. The zero-order valence-electron chi connectivity index (χ0n) is 34.2. The summed E-state index contributed by atoms with van der Waals surface area (Å²) >= 11 is 1.84. The molecule has 0 unspecified atom stereocenters. The Bertz CT molecular complexity index is 949. The van der Waals surface area contributed by atoms with Crippen molar-refractivity contribution in [2.24, 2.45) is 7.05 Å². The second-order valence-corrected chi connectivity index (χ2v) is 7.25. The van der Waals surface area contributed by atoms with Gasteiger partial charge in [0.2, 0.25) is 5.52 Å². The van der Waals surface area contributed by atoms with Crippen LogP contribution in [0.5, 0.6) is 0 Å². The van der Waals surface area contributed by atoms with E-state index in [-0.39, 0.29) is 450 Å². The Labute approximate surface area is 586 Å². The Morgan fingerprint density at radius 1 is 0.375 bits per heavy atom. The van der Waals surface area contributed by atoms with E-state index < -0.39 is 7.82 Å². The van der Waals surface area contributed by atoms with Gasteiger partial charge in [0.15, 0.2) is 0 Å². The van der Waals surface area contributed by atoms with Gasteiger partial charge in [-0.25, -0.2) is 0 Å². The fourth-order valence-electron chi connectivity index (χ4n) is 2.26. The van der Waals surface area contributed by atoms with Crippen molar-refractivity contribution < 1.29 is 474 Å². The second kappa shape index (κ2) is 254. The SMILES string of the molecule is CN(C)c1ccc(-c2sc3ccccc3[n+]2C)cc1.O.O.O.O.O.O.O.O.O.O.O.O.O=P([O-])([O-])[O-].[O-2].[O-2].[O-2].[O-2].[O-2].[O-2].[O-2].[O-2].[O-2].[O-2].[O-2].[O-2].[O-2].[O-2].[O-2].[O-2].[O-2].[O-2].[O-2].[O-2].[O-2].[O-2].[O-2].[O-2].[W].[W].[W].[W].[W].[W].[W].[W].[W].[W].[W].[W]. The molecule has 2 aromatic carbocycles. The molecule has 0 aliphatic rings. The summed E-state index contributed by atoms with van der Waals surface area (Å²) in [5, 5.41) is 1.30. The number of hydrogen-bond acceptors (Lipinski definition) is 6. The van der Waals surface area contributed by atoms with Gasteiger partial charge in [-0.05, 0) is 30.3 Å². The molecule has 0 fully saturated rings. The average molecular weight is 3170 g/mol. The Hall–Kier alpha value is 5.06. The molecule has 0 saturated carbocycles. The van der Waals surface area contributed by atoms with Crippen LogP contribution in [0.1, 0.15) is 0 Å². The molecule has 0 atom stereocenters. The molecule has 3 aromatic rings. The third-order valence-corrected chi connectivity index (χ3v) is 4.64. The number of fused-ring (bicyclic) bond motifs is 1. The van der Waals surface area contributed by atoms with Gasteiger partial charge in [0.05, 0.1) is 5.56 Å². The molecule has 72 heavy (non-hydrogen) atoms. The molecule has 488 valence electrons. The summed E-state index contributed by atoms with van der Waals surface area (Å²) in [5.41, 5.74) is 3.79. The third-order valence-electron chi connectivity index (χ3n) is 3.37. The number of aromatic nitrogens is 1. The van der Waals surface area contributed by atoms with E-state index in [1.165, 1.54) is 26.5 Å². The monoisotopic (exact) mass is 3170 g/mol. The van der Waals surface area contributed by atoms with Gasteiger partial charge in [-0.15, -0.1) is 0 Å². The van der Waals surface area contributed by atoms with Crippen LogP contribution in [0.15, 0.2) is 48.5 Å². The van der Waals surface area contributed by atoms with Gasteiger partial charge in [-0.3, -0.25) is 0 Å². The maximum Gasteiger partial charge on any atom is 0.269 e. The quantitative estimate of drug-likeness (QED) is 0.178. The molecule has 0 saturated heterocycles. The van der Waals surface area contributed by atoms with Crippen LogP contribution in [-0.4, -0.2) is 79.8 Å². The molecule has 24 N–H and O–H groups in total. The molecule has 0 aliphatic carbocycles. The number of benzene rings is 2. The van der Waals surface area contributed by atoms with Crippen LogP contribution in [0.2, 0.25) is 0 Å². The van der Waals surface area contributed by atoms with E-state index in [0.29, 0.717) is 0 Å². The zero-order chi connectivity index (χ0) is 17.9. The van der Waals surface area contributed by atoms with Crippen molar-refractivity contribution in [1.29, 1.82) is 0 Å². The number of anilines is 1.